The molecule has 2 aliphatic carbocycles. The van der Waals surface area contributed by atoms with E-state index in [2.05, 4.69) is 5.32 Å². The first-order valence-corrected chi connectivity index (χ1v) is 11.4. The molecule has 2 saturated carbocycles. The maximum absolute atomic E-state index is 13.7. The summed E-state index contributed by atoms with van der Waals surface area (Å²) < 4.78 is 46.8. The van der Waals surface area contributed by atoms with E-state index in [9.17, 15) is 23.1 Å². The van der Waals surface area contributed by atoms with Crippen LogP contribution in [0.1, 0.15) is 59.4 Å². The summed E-state index contributed by atoms with van der Waals surface area (Å²) in [5, 5.41) is 12.0. The number of halogens is 3. The van der Waals surface area contributed by atoms with Gasteiger partial charge >= 0.3 is 12.1 Å². The first-order chi connectivity index (χ1) is 15.5. The van der Waals surface area contributed by atoms with Gasteiger partial charge in [-0.15, -0.1) is 0 Å². The number of carboxylic acids is 1. The third kappa shape index (κ3) is 5.49. The fraction of sp³-hybridized carbons (Fsp3) is 0.440. The molecule has 33 heavy (non-hydrogen) atoms. The van der Waals surface area contributed by atoms with Crippen LogP contribution in [-0.4, -0.2) is 22.7 Å². The van der Waals surface area contributed by atoms with Gasteiger partial charge in [-0.05, 0) is 79.5 Å². The van der Waals surface area contributed by atoms with Crippen molar-refractivity contribution >= 4 is 28.9 Å². The van der Waals surface area contributed by atoms with Gasteiger partial charge in [0, 0.05) is 5.56 Å². The van der Waals surface area contributed by atoms with Gasteiger partial charge in [-0.25, -0.2) is 0 Å². The second-order valence-corrected chi connectivity index (χ2v) is 9.46. The lowest BCUT2D eigenvalue weighted by Gasteiger charge is -2.19. The van der Waals surface area contributed by atoms with Gasteiger partial charge in [0.2, 0.25) is 0 Å². The lowest BCUT2D eigenvalue weighted by Crippen LogP contribution is -2.18. The van der Waals surface area contributed by atoms with Gasteiger partial charge < -0.3 is 15.2 Å². The average molecular weight is 478 g/mol. The Kier molecular flexibility index (Phi) is 6.40. The van der Waals surface area contributed by atoms with Gasteiger partial charge in [0.25, 0.3) is 0 Å². The summed E-state index contributed by atoms with van der Waals surface area (Å²) in [6, 6.07) is 7.43. The normalized spacial score (nSPS) is 19.8. The molecule has 2 atom stereocenters. The largest absolute Gasteiger partial charge is 0.494 e. The molecule has 0 unspecified atom stereocenters. The number of carboxylic acid groups (broad SMARTS) is 1. The number of alkyl halides is 3. The van der Waals surface area contributed by atoms with E-state index in [-0.39, 0.29) is 16.6 Å². The van der Waals surface area contributed by atoms with Crippen LogP contribution in [0, 0.1) is 25.7 Å². The first-order valence-electron chi connectivity index (χ1n) is 11.0. The molecule has 0 bridgehead atoms. The molecule has 176 valence electrons. The van der Waals surface area contributed by atoms with Gasteiger partial charge in [0.1, 0.15) is 10.7 Å². The molecule has 2 aromatic rings. The summed E-state index contributed by atoms with van der Waals surface area (Å²) in [5.74, 6) is -0.282. The highest BCUT2D eigenvalue weighted by Gasteiger charge is 2.45. The quantitative estimate of drug-likeness (QED) is 0.427. The molecule has 0 spiro atoms. The van der Waals surface area contributed by atoms with Crippen molar-refractivity contribution < 1.29 is 27.8 Å². The maximum atomic E-state index is 13.7. The number of rotatable bonds is 8. The van der Waals surface area contributed by atoms with Crippen LogP contribution in [0.4, 0.5) is 18.9 Å². The number of benzene rings is 2. The first kappa shape index (κ1) is 23.5. The topological polar surface area (TPSA) is 58.6 Å². The van der Waals surface area contributed by atoms with Crippen LogP contribution in [0.3, 0.4) is 0 Å². The van der Waals surface area contributed by atoms with Crippen molar-refractivity contribution in [1.29, 1.82) is 0 Å². The molecule has 4 rings (SSSR count). The molecule has 0 aliphatic heterocycles. The van der Waals surface area contributed by atoms with Crippen molar-refractivity contribution in [3.8, 4) is 5.75 Å². The molecule has 0 amide bonds. The van der Waals surface area contributed by atoms with Crippen molar-refractivity contribution in [2.45, 2.75) is 51.6 Å². The minimum atomic E-state index is -4.57. The van der Waals surface area contributed by atoms with E-state index < -0.39 is 23.6 Å². The molecule has 8 heteroatoms. The summed E-state index contributed by atoms with van der Waals surface area (Å²) in [6.07, 6.45) is -0.598. The van der Waals surface area contributed by atoms with Gasteiger partial charge in [0.15, 0.2) is 0 Å². The van der Waals surface area contributed by atoms with Crippen LogP contribution >= 0.6 is 12.2 Å². The Bertz CT molecular complexity index is 1070. The molecule has 4 nitrogen and oxygen atoms in total. The number of thiocarbonyl (C=S) groups is 1. The molecule has 0 radical (unpaired) electrons. The summed E-state index contributed by atoms with van der Waals surface area (Å²) >= 11 is 5.51. The van der Waals surface area contributed by atoms with Crippen molar-refractivity contribution in [2.24, 2.45) is 11.8 Å². The summed E-state index contributed by atoms with van der Waals surface area (Å²) in [7, 11) is 0. The predicted octanol–water partition coefficient (Wildman–Crippen LogP) is 6.48. The predicted molar refractivity (Wildman–Crippen MR) is 124 cm³/mol. The van der Waals surface area contributed by atoms with E-state index in [1.807, 2.05) is 26.0 Å². The number of anilines is 1. The van der Waals surface area contributed by atoms with Crippen molar-refractivity contribution in [3.05, 3.63) is 58.1 Å². The van der Waals surface area contributed by atoms with Crippen LogP contribution in [-0.2, 0) is 11.0 Å². The van der Waals surface area contributed by atoms with E-state index in [0.717, 1.165) is 35.3 Å². The molecule has 2 aliphatic rings. The Hall–Kier alpha value is -2.61. The highest BCUT2D eigenvalue weighted by Crippen LogP contribution is 2.49. The number of hydrogen-bond donors (Lipinski definition) is 2. The minimum absolute atomic E-state index is 0.162. The van der Waals surface area contributed by atoms with E-state index in [4.69, 9.17) is 17.0 Å². The molecule has 2 fully saturated rings. The molecule has 2 N–H and O–H groups in total. The average Bonchev–Trinajstić information content (AvgIpc) is 3.60. The Morgan fingerprint density at radius 3 is 2.39 bits per heavy atom. The van der Waals surface area contributed by atoms with Crippen LogP contribution in [0.15, 0.2) is 30.3 Å². The third-order valence-electron chi connectivity index (χ3n) is 6.36. The maximum Gasteiger partial charge on any atom is 0.418 e. The number of carbonyl (C=O) groups is 1. The van der Waals surface area contributed by atoms with Gasteiger partial charge in [-0.3, -0.25) is 4.79 Å². The van der Waals surface area contributed by atoms with E-state index >= 15 is 0 Å². The zero-order chi connectivity index (χ0) is 23.9. The van der Waals surface area contributed by atoms with Crippen molar-refractivity contribution in [1.82, 2.24) is 0 Å². The second-order valence-electron chi connectivity index (χ2n) is 9.06. The molecule has 2 aromatic carbocycles. The van der Waals surface area contributed by atoms with Crippen molar-refractivity contribution in [3.63, 3.8) is 0 Å². The number of aryl methyl sites for hydroxylation is 2. The Balaban J connectivity index is 1.56. The summed E-state index contributed by atoms with van der Waals surface area (Å²) in [6.45, 7) is 4.35. The van der Waals surface area contributed by atoms with E-state index in [1.165, 1.54) is 25.0 Å². The number of hydrogen-bond acceptors (Lipinski definition) is 3. The van der Waals surface area contributed by atoms with Gasteiger partial charge in [-0.1, -0.05) is 31.1 Å². The van der Waals surface area contributed by atoms with Crippen LogP contribution < -0.4 is 10.1 Å². The zero-order valence-electron chi connectivity index (χ0n) is 18.5. The fourth-order valence-corrected chi connectivity index (χ4v) is 4.71. The van der Waals surface area contributed by atoms with Crippen LogP contribution in [0.2, 0.25) is 0 Å². The minimum Gasteiger partial charge on any atom is -0.494 e. The van der Waals surface area contributed by atoms with E-state index in [1.54, 1.807) is 0 Å². The lowest BCUT2D eigenvalue weighted by molar-refractivity contribution is -0.139. The lowest BCUT2D eigenvalue weighted by atomic mass is 10.0. The molecular weight excluding hydrogens is 451 g/mol. The number of nitrogens with one attached hydrogen (secondary N) is 1. The van der Waals surface area contributed by atoms with Crippen LogP contribution in [0.25, 0.3) is 0 Å². The summed E-state index contributed by atoms with van der Waals surface area (Å²) in [4.78, 5) is 11.4. The number of ether oxygens (including phenoxy) is 1. The molecular formula is C25H26F3NO3S. The summed E-state index contributed by atoms with van der Waals surface area (Å²) in [5.41, 5.74) is 1.85. The van der Waals surface area contributed by atoms with E-state index in [0.29, 0.717) is 24.2 Å². The third-order valence-corrected chi connectivity index (χ3v) is 6.66. The van der Waals surface area contributed by atoms with Gasteiger partial charge in [-0.2, -0.15) is 13.2 Å². The van der Waals surface area contributed by atoms with Crippen molar-refractivity contribution in [2.75, 3.05) is 11.9 Å². The van der Waals surface area contributed by atoms with Crippen LogP contribution in [0.5, 0.6) is 5.75 Å². The Morgan fingerprint density at radius 2 is 1.85 bits per heavy atom. The Labute approximate surface area is 196 Å². The zero-order valence-corrected chi connectivity index (χ0v) is 19.3. The molecule has 0 aromatic heterocycles. The SMILES string of the molecule is Cc1cc(OCCC2CC2)cc(C)c1C(=S)Nc1cc([C@H]2C[C@H]2C(=O)O)ccc1C(F)(F)F. The Morgan fingerprint density at radius 1 is 1.18 bits per heavy atom. The highest BCUT2D eigenvalue weighted by molar-refractivity contribution is 7.81. The van der Waals surface area contributed by atoms with Gasteiger partial charge in [0.05, 0.1) is 23.8 Å². The standard InChI is InChI=1S/C25H26F3NO3S/c1-13-9-17(32-8-7-15-3-4-15)10-14(2)22(13)23(33)29-21-11-16(18-12-19(18)24(30)31)5-6-20(21)25(26,27)28/h5-6,9-11,15,18-19H,3-4,7-8,12H2,1-2H3,(H,29,33)(H,30,31)/t18-,19-/m1/s1. The monoisotopic (exact) mass is 477 g/mol. The second kappa shape index (κ2) is 8.97. The molecule has 0 heterocycles. The molecule has 0 saturated heterocycles. The smallest absolute Gasteiger partial charge is 0.418 e. The highest BCUT2D eigenvalue weighted by atomic mass is 32.1. The number of aliphatic carboxylic acids is 1. The fourth-order valence-electron chi connectivity index (χ4n) is 4.28.